The maximum atomic E-state index is 13.0. The molecule has 3 aromatic rings. The Kier molecular flexibility index (Phi) is 7.08. The van der Waals surface area contributed by atoms with Crippen molar-refractivity contribution in [3.8, 4) is 0 Å². The van der Waals surface area contributed by atoms with Crippen LogP contribution in [0.4, 0.5) is 5.69 Å². The van der Waals surface area contributed by atoms with Crippen LogP contribution in [0.25, 0.3) is 10.9 Å². The molecule has 2 heterocycles. The number of aromatic nitrogens is 1. The van der Waals surface area contributed by atoms with Crippen molar-refractivity contribution in [1.29, 1.82) is 0 Å². The van der Waals surface area contributed by atoms with Crippen LogP contribution < -0.4 is 5.32 Å². The minimum atomic E-state index is -0.0958. The highest BCUT2D eigenvalue weighted by Crippen LogP contribution is 2.30. The number of hydrogen-bond donors (Lipinski definition) is 1. The molecule has 1 fully saturated rings. The summed E-state index contributed by atoms with van der Waals surface area (Å²) >= 11 is 7.36. The zero-order valence-corrected chi connectivity index (χ0v) is 19.7. The maximum Gasteiger partial charge on any atom is 0.242 e. The Hall–Kier alpha value is -2.48. The second-order valence-electron chi connectivity index (χ2n) is 8.04. The van der Waals surface area contributed by atoms with Gasteiger partial charge in [-0.05, 0) is 44.2 Å². The summed E-state index contributed by atoms with van der Waals surface area (Å²) in [5.41, 5.74) is 1.69. The number of hydrogen-bond acceptors (Lipinski definition) is 4. The summed E-state index contributed by atoms with van der Waals surface area (Å²) in [5.74, 6) is 0.245. The first kappa shape index (κ1) is 22.7. The van der Waals surface area contributed by atoms with Crippen molar-refractivity contribution in [3.63, 3.8) is 0 Å². The molecule has 2 unspecified atom stereocenters. The predicted molar refractivity (Wildman–Crippen MR) is 129 cm³/mol. The third kappa shape index (κ3) is 5.46. The van der Waals surface area contributed by atoms with Gasteiger partial charge in [0.2, 0.25) is 11.8 Å². The van der Waals surface area contributed by atoms with Crippen molar-refractivity contribution in [1.82, 2.24) is 9.47 Å². The number of halogens is 1. The molecule has 32 heavy (non-hydrogen) atoms. The molecule has 4 rings (SSSR count). The molecule has 1 N–H and O–H groups in total. The molecule has 1 saturated heterocycles. The average Bonchev–Trinajstić information content (AvgIpc) is 3.11. The normalized spacial score (nSPS) is 18.7. The van der Waals surface area contributed by atoms with Crippen molar-refractivity contribution in [3.05, 3.63) is 59.8 Å². The second kappa shape index (κ2) is 9.98. The van der Waals surface area contributed by atoms with E-state index >= 15 is 0 Å². The topological polar surface area (TPSA) is 63.6 Å². The van der Waals surface area contributed by atoms with Gasteiger partial charge in [0.05, 0.1) is 18.0 Å². The molecular formula is C24H26ClN3O3S. The number of carbonyl (C=O) groups is 2. The molecule has 0 aliphatic carbocycles. The Balaban J connectivity index is 1.44. The molecule has 2 amide bonds. The van der Waals surface area contributed by atoms with Crippen LogP contribution in [0, 0.1) is 0 Å². The van der Waals surface area contributed by atoms with Gasteiger partial charge < -0.3 is 19.5 Å². The molecule has 0 bridgehead atoms. The first-order valence-electron chi connectivity index (χ1n) is 10.6. The van der Waals surface area contributed by atoms with Crippen LogP contribution in [0.15, 0.2) is 59.6 Å². The molecular weight excluding hydrogens is 446 g/mol. The van der Waals surface area contributed by atoms with E-state index in [0.29, 0.717) is 23.8 Å². The Morgan fingerprint density at radius 3 is 2.50 bits per heavy atom. The summed E-state index contributed by atoms with van der Waals surface area (Å²) in [6.07, 6.45) is 2.04. The van der Waals surface area contributed by atoms with Crippen molar-refractivity contribution in [2.75, 3.05) is 24.2 Å². The number of ether oxygens (including phenoxy) is 1. The number of morpholine rings is 1. The number of nitrogens with one attached hydrogen (secondary N) is 1. The summed E-state index contributed by atoms with van der Waals surface area (Å²) in [6.45, 7) is 5.46. The highest BCUT2D eigenvalue weighted by molar-refractivity contribution is 8.00. The average molecular weight is 472 g/mol. The van der Waals surface area contributed by atoms with Gasteiger partial charge in [-0.2, -0.15) is 0 Å². The molecule has 1 aliphatic rings. The maximum absolute atomic E-state index is 13.0. The zero-order valence-electron chi connectivity index (χ0n) is 18.1. The number of anilines is 1. The van der Waals surface area contributed by atoms with E-state index in [0.717, 1.165) is 15.8 Å². The van der Waals surface area contributed by atoms with Gasteiger partial charge in [-0.25, -0.2) is 0 Å². The van der Waals surface area contributed by atoms with Crippen molar-refractivity contribution < 1.29 is 14.3 Å². The third-order valence-corrected chi connectivity index (χ3v) is 6.61. The fourth-order valence-corrected chi connectivity index (χ4v) is 4.97. The van der Waals surface area contributed by atoms with Crippen LogP contribution in [0.2, 0.25) is 5.02 Å². The molecule has 0 radical (unpaired) electrons. The van der Waals surface area contributed by atoms with Crippen molar-refractivity contribution >= 4 is 51.8 Å². The van der Waals surface area contributed by atoms with E-state index in [-0.39, 0.29) is 36.3 Å². The molecule has 2 aromatic carbocycles. The van der Waals surface area contributed by atoms with E-state index in [1.807, 2.05) is 53.8 Å². The van der Waals surface area contributed by atoms with E-state index in [2.05, 4.69) is 5.32 Å². The van der Waals surface area contributed by atoms with E-state index in [4.69, 9.17) is 16.3 Å². The highest BCUT2D eigenvalue weighted by atomic mass is 35.5. The van der Waals surface area contributed by atoms with Gasteiger partial charge in [0.1, 0.15) is 6.54 Å². The van der Waals surface area contributed by atoms with Gasteiger partial charge >= 0.3 is 0 Å². The lowest BCUT2D eigenvalue weighted by atomic mass is 10.2. The number of benzene rings is 2. The van der Waals surface area contributed by atoms with Gasteiger partial charge in [-0.15, -0.1) is 11.8 Å². The Bertz CT molecular complexity index is 1110. The van der Waals surface area contributed by atoms with Crippen LogP contribution >= 0.6 is 23.4 Å². The number of rotatable bonds is 6. The monoisotopic (exact) mass is 471 g/mol. The Morgan fingerprint density at radius 1 is 1.09 bits per heavy atom. The molecule has 168 valence electrons. The summed E-state index contributed by atoms with van der Waals surface area (Å²) in [4.78, 5) is 28.2. The number of para-hydroxylation sites is 1. The lowest BCUT2D eigenvalue weighted by Crippen LogP contribution is -2.49. The van der Waals surface area contributed by atoms with Gasteiger partial charge in [0.15, 0.2) is 0 Å². The molecule has 1 aliphatic heterocycles. The summed E-state index contributed by atoms with van der Waals surface area (Å²) in [5, 5.41) is 4.54. The lowest BCUT2D eigenvalue weighted by Gasteiger charge is -2.35. The van der Waals surface area contributed by atoms with Crippen molar-refractivity contribution in [2.24, 2.45) is 0 Å². The van der Waals surface area contributed by atoms with E-state index < -0.39 is 0 Å². The highest BCUT2D eigenvalue weighted by Gasteiger charge is 2.26. The van der Waals surface area contributed by atoms with Crippen LogP contribution in [0.5, 0.6) is 0 Å². The predicted octanol–water partition coefficient (Wildman–Crippen LogP) is 4.66. The fraction of sp³-hybridized carbons (Fsp3) is 0.333. The first-order valence-corrected chi connectivity index (χ1v) is 11.9. The number of thioether (sulfide) groups is 1. The van der Waals surface area contributed by atoms with Crippen LogP contribution in [0.1, 0.15) is 13.8 Å². The van der Waals surface area contributed by atoms with Crippen LogP contribution in [-0.2, 0) is 20.9 Å². The number of fused-ring (bicyclic) bond motifs is 1. The fourth-order valence-electron chi connectivity index (χ4n) is 3.96. The number of carbonyl (C=O) groups excluding carboxylic acids is 2. The molecule has 2 atom stereocenters. The smallest absolute Gasteiger partial charge is 0.242 e. The van der Waals surface area contributed by atoms with Crippen molar-refractivity contribution in [2.45, 2.75) is 37.5 Å². The second-order valence-corrected chi connectivity index (χ2v) is 9.49. The largest absolute Gasteiger partial charge is 0.372 e. The molecule has 0 saturated carbocycles. The van der Waals surface area contributed by atoms with Gasteiger partial charge in [-0.3, -0.25) is 9.59 Å². The number of amides is 2. The Morgan fingerprint density at radius 2 is 1.78 bits per heavy atom. The van der Waals surface area contributed by atoms with E-state index in [1.165, 1.54) is 11.8 Å². The van der Waals surface area contributed by atoms with Gasteiger partial charge in [-0.1, -0.05) is 29.8 Å². The standard InChI is InChI=1S/C24H26ClN3O3S/c1-16-11-28(12-17(2)31-16)24(30)14-27-13-22(20-5-3-4-6-21(20)27)32-15-23(29)26-19-9-7-18(25)8-10-19/h3-10,13,16-17H,11-12,14-15H2,1-2H3,(H,26,29). The van der Waals surface area contributed by atoms with Crippen LogP contribution in [0.3, 0.4) is 0 Å². The Labute approximate surface area is 196 Å². The van der Waals surface area contributed by atoms with Gasteiger partial charge in [0.25, 0.3) is 0 Å². The third-order valence-electron chi connectivity index (χ3n) is 5.32. The van der Waals surface area contributed by atoms with Gasteiger partial charge in [0, 0.05) is 45.8 Å². The summed E-state index contributed by atoms with van der Waals surface area (Å²) < 4.78 is 7.72. The lowest BCUT2D eigenvalue weighted by molar-refractivity contribution is -0.143. The molecule has 0 spiro atoms. The van der Waals surface area contributed by atoms with E-state index in [9.17, 15) is 9.59 Å². The number of nitrogens with zero attached hydrogens (tertiary/aromatic N) is 2. The first-order chi connectivity index (χ1) is 15.4. The molecule has 8 heteroatoms. The zero-order chi connectivity index (χ0) is 22.7. The van der Waals surface area contributed by atoms with E-state index in [1.54, 1.807) is 24.3 Å². The minimum Gasteiger partial charge on any atom is -0.372 e. The quantitative estimate of drug-likeness (QED) is 0.531. The summed E-state index contributed by atoms with van der Waals surface area (Å²) in [6, 6.07) is 15.0. The summed E-state index contributed by atoms with van der Waals surface area (Å²) in [7, 11) is 0. The van der Waals surface area contributed by atoms with Crippen LogP contribution in [-0.4, -0.2) is 52.3 Å². The minimum absolute atomic E-state index is 0.0365. The molecule has 1 aromatic heterocycles. The molecule has 6 nitrogen and oxygen atoms in total. The SMILES string of the molecule is CC1CN(C(=O)Cn2cc(SCC(=O)Nc3ccc(Cl)cc3)c3ccccc32)CC(C)O1.